The monoisotopic (exact) mass is 390 g/mol. The number of thioether (sulfide) groups is 1. The van der Waals surface area contributed by atoms with Crippen molar-refractivity contribution < 1.29 is 14.3 Å². The summed E-state index contributed by atoms with van der Waals surface area (Å²) in [6.45, 7) is 0. The Kier molecular flexibility index (Phi) is 5.04. The van der Waals surface area contributed by atoms with Crippen LogP contribution in [-0.4, -0.2) is 25.3 Å². The third kappa shape index (κ3) is 3.59. The van der Waals surface area contributed by atoms with Gasteiger partial charge in [0.25, 0.3) is 5.91 Å². The van der Waals surface area contributed by atoms with E-state index in [1.807, 2.05) is 66.7 Å². The molecular formula is C22H18N2O3S. The molecule has 0 atom stereocenters. The van der Waals surface area contributed by atoms with Crippen LogP contribution in [0.2, 0.25) is 0 Å². The number of hydrogen-bond acceptors (Lipinski definition) is 5. The number of amides is 1. The molecule has 0 spiro atoms. The number of fused-ring (bicyclic) bond motifs is 1. The molecule has 3 aromatic carbocycles. The van der Waals surface area contributed by atoms with Gasteiger partial charge in [0, 0.05) is 5.39 Å². The lowest BCUT2D eigenvalue weighted by molar-refractivity contribution is -0.115. The van der Waals surface area contributed by atoms with Gasteiger partial charge in [-0.05, 0) is 47.0 Å². The number of aliphatic imine (C=N–C) groups is 1. The number of carbonyl (C=O) groups excluding carboxylic acids is 1. The van der Waals surface area contributed by atoms with Crippen molar-refractivity contribution in [2.75, 3.05) is 14.2 Å². The van der Waals surface area contributed by atoms with E-state index in [-0.39, 0.29) is 5.91 Å². The van der Waals surface area contributed by atoms with E-state index in [0.717, 1.165) is 22.0 Å². The molecule has 0 radical (unpaired) electrons. The van der Waals surface area contributed by atoms with Crippen molar-refractivity contribution in [3.05, 3.63) is 71.1 Å². The molecule has 0 bridgehead atoms. The van der Waals surface area contributed by atoms with Crippen molar-refractivity contribution in [1.82, 2.24) is 5.32 Å². The molecule has 1 heterocycles. The molecule has 0 aliphatic carbocycles. The van der Waals surface area contributed by atoms with Crippen molar-refractivity contribution >= 4 is 45.4 Å². The average Bonchev–Trinajstić information content (AvgIpc) is 3.07. The van der Waals surface area contributed by atoms with Crippen LogP contribution < -0.4 is 14.8 Å². The summed E-state index contributed by atoms with van der Waals surface area (Å²) in [5, 5.41) is 5.56. The molecule has 5 nitrogen and oxygen atoms in total. The van der Waals surface area contributed by atoms with Crippen molar-refractivity contribution in [2.45, 2.75) is 0 Å². The summed E-state index contributed by atoms with van der Waals surface area (Å²) in [6, 6.07) is 19.5. The predicted molar refractivity (Wildman–Crippen MR) is 114 cm³/mol. The first-order valence-corrected chi connectivity index (χ1v) is 9.49. The zero-order chi connectivity index (χ0) is 19.5. The Morgan fingerprint density at radius 2 is 1.75 bits per heavy atom. The van der Waals surface area contributed by atoms with Gasteiger partial charge in [-0.25, -0.2) is 4.99 Å². The second kappa shape index (κ2) is 7.78. The van der Waals surface area contributed by atoms with Crippen LogP contribution in [0.4, 0.5) is 5.69 Å². The van der Waals surface area contributed by atoms with E-state index in [1.165, 1.54) is 11.8 Å². The molecule has 1 saturated heterocycles. The Bertz CT molecular complexity index is 1120. The van der Waals surface area contributed by atoms with Gasteiger partial charge < -0.3 is 14.8 Å². The van der Waals surface area contributed by atoms with Gasteiger partial charge >= 0.3 is 0 Å². The van der Waals surface area contributed by atoms with Crippen molar-refractivity contribution in [3.8, 4) is 11.5 Å². The first kappa shape index (κ1) is 18.1. The third-order valence-corrected chi connectivity index (χ3v) is 5.25. The lowest BCUT2D eigenvalue weighted by Crippen LogP contribution is -2.19. The highest BCUT2D eigenvalue weighted by atomic mass is 32.2. The zero-order valence-corrected chi connectivity index (χ0v) is 16.2. The van der Waals surface area contributed by atoms with Crippen molar-refractivity contribution in [3.63, 3.8) is 0 Å². The quantitative estimate of drug-likeness (QED) is 0.653. The highest BCUT2D eigenvalue weighted by Gasteiger charge is 2.24. The molecule has 28 heavy (non-hydrogen) atoms. The smallest absolute Gasteiger partial charge is 0.264 e. The fraction of sp³-hybridized carbons (Fsp3) is 0.0909. The summed E-state index contributed by atoms with van der Waals surface area (Å²) in [6.07, 6.45) is 1.81. The summed E-state index contributed by atoms with van der Waals surface area (Å²) >= 11 is 1.32. The van der Waals surface area contributed by atoms with E-state index in [4.69, 9.17) is 9.47 Å². The zero-order valence-electron chi connectivity index (χ0n) is 15.4. The third-order valence-electron chi connectivity index (χ3n) is 4.34. The van der Waals surface area contributed by atoms with Crippen LogP contribution >= 0.6 is 11.8 Å². The second-order valence-corrected chi connectivity index (χ2v) is 7.13. The van der Waals surface area contributed by atoms with Gasteiger partial charge in [0.15, 0.2) is 16.7 Å². The van der Waals surface area contributed by atoms with Crippen LogP contribution in [-0.2, 0) is 4.79 Å². The maximum atomic E-state index is 12.4. The Labute approximate surface area is 167 Å². The van der Waals surface area contributed by atoms with Crippen LogP contribution in [0.15, 0.2) is 70.6 Å². The predicted octanol–water partition coefficient (Wildman–Crippen LogP) is 4.75. The highest BCUT2D eigenvalue weighted by molar-refractivity contribution is 8.18. The number of nitrogens with zero attached hydrogens (tertiary/aromatic N) is 1. The fourth-order valence-corrected chi connectivity index (χ4v) is 3.82. The molecule has 4 rings (SSSR count). The second-order valence-electron chi connectivity index (χ2n) is 6.09. The summed E-state index contributed by atoms with van der Waals surface area (Å²) in [5.74, 6) is 1.09. The molecule has 1 aliphatic rings. The first-order valence-electron chi connectivity index (χ1n) is 8.67. The molecular weight excluding hydrogens is 372 g/mol. The van der Waals surface area contributed by atoms with Crippen LogP contribution in [0.3, 0.4) is 0 Å². The largest absolute Gasteiger partial charge is 0.493 e. The van der Waals surface area contributed by atoms with Crippen molar-refractivity contribution in [2.24, 2.45) is 4.99 Å². The van der Waals surface area contributed by atoms with Gasteiger partial charge in [-0.2, -0.15) is 0 Å². The van der Waals surface area contributed by atoms with Gasteiger partial charge in [-0.3, -0.25) is 4.79 Å². The van der Waals surface area contributed by atoms with E-state index in [9.17, 15) is 4.79 Å². The molecule has 140 valence electrons. The standard InChI is InChI=1S/C22H18N2O3S/c1-26-18-11-10-14(12-19(18)27-2)13-20-21(25)24-22(28-20)23-17-9-5-7-15-6-3-4-8-16(15)17/h3-13H,1-2H3,(H,23,24,25)/b20-13-. The summed E-state index contributed by atoms with van der Waals surface area (Å²) in [7, 11) is 3.17. The molecule has 0 saturated carbocycles. The molecule has 0 aromatic heterocycles. The van der Waals surface area contributed by atoms with Gasteiger partial charge in [-0.15, -0.1) is 0 Å². The molecule has 1 aliphatic heterocycles. The summed E-state index contributed by atoms with van der Waals surface area (Å²) < 4.78 is 10.6. The van der Waals surface area contributed by atoms with Gasteiger partial charge in [0.2, 0.25) is 0 Å². The number of carbonyl (C=O) groups is 1. The minimum atomic E-state index is -0.168. The Morgan fingerprint density at radius 1 is 0.964 bits per heavy atom. The van der Waals surface area contributed by atoms with E-state index in [0.29, 0.717) is 21.6 Å². The molecule has 6 heteroatoms. The van der Waals surface area contributed by atoms with Crippen LogP contribution in [0.1, 0.15) is 5.56 Å². The lowest BCUT2D eigenvalue weighted by Gasteiger charge is -2.07. The van der Waals surface area contributed by atoms with Crippen LogP contribution in [0.5, 0.6) is 11.5 Å². The number of benzene rings is 3. The maximum Gasteiger partial charge on any atom is 0.264 e. The van der Waals surface area contributed by atoms with Crippen molar-refractivity contribution in [1.29, 1.82) is 0 Å². The molecule has 1 N–H and O–H groups in total. The van der Waals surface area contributed by atoms with E-state index < -0.39 is 0 Å². The first-order chi connectivity index (χ1) is 13.7. The van der Waals surface area contributed by atoms with Crippen LogP contribution in [0, 0.1) is 0 Å². The van der Waals surface area contributed by atoms with Gasteiger partial charge in [0.05, 0.1) is 24.8 Å². The molecule has 1 fully saturated rings. The number of hydrogen-bond donors (Lipinski definition) is 1. The number of nitrogens with one attached hydrogen (secondary N) is 1. The van der Waals surface area contributed by atoms with E-state index >= 15 is 0 Å². The summed E-state index contributed by atoms with van der Waals surface area (Å²) in [4.78, 5) is 17.6. The number of ether oxygens (including phenoxy) is 2. The van der Waals surface area contributed by atoms with Gasteiger partial charge in [0.1, 0.15) is 0 Å². The number of rotatable bonds is 4. The average molecular weight is 390 g/mol. The number of amidine groups is 1. The minimum Gasteiger partial charge on any atom is -0.493 e. The van der Waals surface area contributed by atoms with Crippen LogP contribution in [0.25, 0.3) is 16.8 Å². The van der Waals surface area contributed by atoms with Gasteiger partial charge in [-0.1, -0.05) is 42.5 Å². The Hall–Kier alpha value is -3.25. The Balaban J connectivity index is 1.64. The normalized spacial score (nSPS) is 16.6. The highest BCUT2D eigenvalue weighted by Crippen LogP contribution is 2.33. The topological polar surface area (TPSA) is 59.9 Å². The van der Waals surface area contributed by atoms with E-state index in [1.54, 1.807) is 14.2 Å². The molecule has 0 unspecified atom stereocenters. The molecule has 3 aromatic rings. The summed E-state index contributed by atoms with van der Waals surface area (Å²) in [5.41, 5.74) is 1.68. The fourth-order valence-electron chi connectivity index (χ4n) is 2.99. The SMILES string of the molecule is COc1ccc(/C=C2\SC(=Nc3cccc4ccccc34)NC2=O)cc1OC. The molecule has 1 amide bonds. The number of methoxy groups -OCH3 is 2. The Morgan fingerprint density at radius 3 is 2.57 bits per heavy atom. The maximum absolute atomic E-state index is 12.4. The minimum absolute atomic E-state index is 0.168. The lowest BCUT2D eigenvalue weighted by atomic mass is 10.1. The van der Waals surface area contributed by atoms with E-state index in [2.05, 4.69) is 10.3 Å².